The Labute approximate surface area is 62.2 Å². The molecule has 0 rings (SSSR count). The molecule has 0 heterocycles. The van der Waals surface area contributed by atoms with Crippen LogP contribution in [0, 0.1) is 0 Å². The maximum Gasteiger partial charge on any atom is 0.0772 e. The average Bonchev–Trinajstić information content (AvgIpc) is 1.57. The zero-order valence-electron chi connectivity index (χ0n) is 7.05. The minimum atomic E-state index is -0.833. The molecular weight excluding hydrogens is 128 g/mol. The van der Waals surface area contributed by atoms with E-state index in [1.54, 1.807) is 39.8 Å². The van der Waals surface area contributed by atoms with Crippen molar-refractivity contribution in [3.05, 3.63) is 12.2 Å². The van der Waals surface area contributed by atoms with Gasteiger partial charge >= 0.3 is 0 Å². The fourth-order valence-corrected chi connectivity index (χ4v) is 0.408. The predicted molar refractivity (Wildman–Crippen MR) is 41.7 cm³/mol. The Morgan fingerprint density at radius 3 is 1.10 bits per heavy atom. The molecule has 0 aliphatic heterocycles. The third-order valence-electron chi connectivity index (χ3n) is 0.899. The van der Waals surface area contributed by atoms with Gasteiger partial charge in [0.15, 0.2) is 0 Å². The van der Waals surface area contributed by atoms with Gasteiger partial charge in [-0.05, 0) is 27.7 Å². The van der Waals surface area contributed by atoms with Crippen LogP contribution in [-0.4, -0.2) is 21.4 Å². The minimum Gasteiger partial charge on any atom is -0.386 e. The second-order valence-electron chi connectivity index (χ2n) is 3.64. The molecule has 0 saturated heterocycles. The molecule has 0 aliphatic carbocycles. The van der Waals surface area contributed by atoms with Crippen LogP contribution in [0.15, 0.2) is 12.2 Å². The largest absolute Gasteiger partial charge is 0.386 e. The number of aliphatic hydroxyl groups is 2. The van der Waals surface area contributed by atoms with E-state index in [1.165, 1.54) is 0 Å². The summed E-state index contributed by atoms with van der Waals surface area (Å²) in [6, 6.07) is 0. The van der Waals surface area contributed by atoms with Gasteiger partial charge in [0.2, 0.25) is 0 Å². The Morgan fingerprint density at radius 2 is 1.00 bits per heavy atom. The molecule has 0 aromatic heterocycles. The first-order valence-corrected chi connectivity index (χ1v) is 3.36. The fourth-order valence-electron chi connectivity index (χ4n) is 0.408. The predicted octanol–water partition coefficient (Wildman–Crippen LogP) is 1.08. The maximum absolute atomic E-state index is 9.18. The Hall–Kier alpha value is -0.340. The highest BCUT2D eigenvalue weighted by atomic mass is 16.3. The van der Waals surface area contributed by atoms with Crippen LogP contribution < -0.4 is 0 Å². The van der Waals surface area contributed by atoms with E-state index in [2.05, 4.69) is 0 Å². The van der Waals surface area contributed by atoms with Gasteiger partial charge in [0, 0.05) is 0 Å². The molecule has 2 nitrogen and oxygen atoms in total. The highest BCUT2D eigenvalue weighted by Gasteiger charge is 2.11. The van der Waals surface area contributed by atoms with E-state index in [0.29, 0.717) is 0 Å². The zero-order valence-corrected chi connectivity index (χ0v) is 7.05. The van der Waals surface area contributed by atoms with Gasteiger partial charge in [0.05, 0.1) is 11.2 Å². The number of rotatable bonds is 2. The molecule has 2 N–H and O–H groups in total. The van der Waals surface area contributed by atoms with Gasteiger partial charge in [0.25, 0.3) is 0 Å². The molecular formula is C8H16O2. The normalized spacial score (nSPS) is 14.6. The number of hydrogen-bond acceptors (Lipinski definition) is 2. The van der Waals surface area contributed by atoms with Crippen LogP contribution in [0.3, 0.4) is 0 Å². The molecule has 0 aliphatic rings. The van der Waals surface area contributed by atoms with Gasteiger partial charge in [-0.3, -0.25) is 0 Å². The van der Waals surface area contributed by atoms with Gasteiger partial charge < -0.3 is 10.2 Å². The van der Waals surface area contributed by atoms with Crippen molar-refractivity contribution in [2.24, 2.45) is 0 Å². The minimum absolute atomic E-state index is 0.833. The van der Waals surface area contributed by atoms with E-state index >= 15 is 0 Å². The molecule has 0 bridgehead atoms. The number of hydrogen-bond donors (Lipinski definition) is 2. The topological polar surface area (TPSA) is 40.5 Å². The smallest absolute Gasteiger partial charge is 0.0772 e. The first kappa shape index (κ1) is 9.66. The second kappa shape index (κ2) is 2.72. The van der Waals surface area contributed by atoms with Crippen molar-refractivity contribution in [3.8, 4) is 0 Å². The average molecular weight is 144 g/mol. The fraction of sp³-hybridized carbons (Fsp3) is 0.750. The maximum atomic E-state index is 9.18. The van der Waals surface area contributed by atoms with Crippen molar-refractivity contribution >= 4 is 0 Å². The molecule has 0 radical (unpaired) electrons. The van der Waals surface area contributed by atoms with Gasteiger partial charge in [-0.2, -0.15) is 0 Å². The van der Waals surface area contributed by atoms with Crippen LogP contribution in [0.4, 0.5) is 0 Å². The van der Waals surface area contributed by atoms with Crippen molar-refractivity contribution in [2.75, 3.05) is 0 Å². The molecule has 60 valence electrons. The Morgan fingerprint density at radius 1 is 0.800 bits per heavy atom. The van der Waals surface area contributed by atoms with Crippen molar-refractivity contribution in [2.45, 2.75) is 38.9 Å². The molecule has 0 amide bonds. The quantitative estimate of drug-likeness (QED) is 0.569. The Balaban J connectivity index is 4.01. The Kier molecular flexibility index (Phi) is 2.63. The highest BCUT2D eigenvalue weighted by molar-refractivity contribution is 5.02. The molecule has 0 spiro atoms. The standard InChI is InChI=1S/C8H16O2/c1-7(2,9)5-6-8(3,4)10/h5-6,9-10H,1-4H3. The first-order valence-electron chi connectivity index (χ1n) is 3.36. The van der Waals surface area contributed by atoms with Crippen LogP contribution in [0.1, 0.15) is 27.7 Å². The monoisotopic (exact) mass is 144 g/mol. The van der Waals surface area contributed by atoms with Gasteiger partial charge in [-0.1, -0.05) is 12.2 Å². The zero-order chi connectivity index (χ0) is 8.41. The molecule has 0 aromatic rings. The van der Waals surface area contributed by atoms with Crippen molar-refractivity contribution < 1.29 is 10.2 Å². The van der Waals surface area contributed by atoms with E-state index in [-0.39, 0.29) is 0 Å². The van der Waals surface area contributed by atoms with E-state index in [0.717, 1.165) is 0 Å². The second-order valence-corrected chi connectivity index (χ2v) is 3.64. The van der Waals surface area contributed by atoms with Gasteiger partial charge in [0.1, 0.15) is 0 Å². The Bertz CT molecular complexity index is 107. The molecule has 0 atom stereocenters. The molecule has 2 heteroatoms. The van der Waals surface area contributed by atoms with E-state index < -0.39 is 11.2 Å². The summed E-state index contributed by atoms with van der Waals surface area (Å²) in [6.45, 7) is 6.65. The van der Waals surface area contributed by atoms with Gasteiger partial charge in [-0.25, -0.2) is 0 Å². The van der Waals surface area contributed by atoms with Crippen LogP contribution in [0.5, 0.6) is 0 Å². The molecule has 10 heavy (non-hydrogen) atoms. The summed E-state index contributed by atoms with van der Waals surface area (Å²) in [4.78, 5) is 0. The van der Waals surface area contributed by atoms with Crippen LogP contribution >= 0.6 is 0 Å². The van der Waals surface area contributed by atoms with Crippen molar-refractivity contribution in [3.63, 3.8) is 0 Å². The molecule has 0 saturated carbocycles. The summed E-state index contributed by atoms with van der Waals surface area (Å²) in [6.07, 6.45) is 3.15. The lowest BCUT2D eigenvalue weighted by atomic mass is 10.0. The molecule has 0 unspecified atom stereocenters. The summed E-state index contributed by atoms with van der Waals surface area (Å²) in [5.74, 6) is 0. The third kappa shape index (κ3) is 7.66. The first-order chi connectivity index (χ1) is 4.21. The van der Waals surface area contributed by atoms with E-state index in [1.807, 2.05) is 0 Å². The summed E-state index contributed by atoms with van der Waals surface area (Å²) < 4.78 is 0. The van der Waals surface area contributed by atoms with E-state index in [4.69, 9.17) is 0 Å². The third-order valence-corrected chi connectivity index (χ3v) is 0.899. The van der Waals surface area contributed by atoms with Gasteiger partial charge in [-0.15, -0.1) is 0 Å². The highest BCUT2D eigenvalue weighted by Crippen LogP contribution is 2.08. The lowest BCUT2D eigenvalue weighted by molar-refractivity contribution is 0.114. The summed E-state index contributed by atoms with van der Waals surface area (Å²) in [7, 11) is 0. The van der Waals surface area contributed by atoms with Crippen LogP contribution in [0.25, 0.3) is 0 Å². The summed E-state index contributed by atoms with van der Waals surface area (Å²) in [5.41, 5.74) is -1.67. The van der Waals surface area contributed by atoms with Crippen LogP contribution in [-0.2, 0) is 0 Å². The summed E-state index contributed by atoms with van der Waals surface area (Å²) >= 11 is 0. The van der Waals surface area contributed by atoms with Crippen molar-refractivity contribution in [1.29, 1.82) is 0 Å². The van der Waals surface area contributed by atoms with Crippen molar-refractivity contribution in [1.82, 2.24) is 0 Å². The van der Waals surface area contributed by atoms with E-state index in [9.17, 15) is 10.2 Å². The molecule has 0 aromatic carbocycles. The van der Waals surface area contributed by atoms with Crippen LogP contribution in [0.2, 0.25) is 0 Å². The molecule has 0 fully saturated rings. The SMILES string of the molecule is CC(C)(O)C=CC(C)(C)O. The lowest BCUT2D eigenvalue weighted by Gasteiger charge is -2.15. The lowest BCUT2D eigenvalue weighted by Crippen LogP contribution is -2.19. The summed E-state index contributed by atoms with van der Waals surface area (Å²) in [5, 5.41) is 18.4.